The Labute approximate surface area is 145 Å². The summed E-state index contributed by atoms with van der Waals surface area (Å²) in [6, 6.07) is 15.0. The molecule has 3 rings (SSSR count). The van der Waals surface area contributed by atoms with Gasteiger partial charge in [0.1, 0.15) is 0 Å². The van der Waals surface area contributed by atoms with Crippen LogP contribution in [0.4, 0.5) is 0 Å². The van der Waals surface area contributed by atoms with Gasteiger partial charge in [0, 0.05) is 5.56 Å². The lowest BCUT2D eigenvalue weighted by Gasteiger charge is -2.19. The van der Waals surface area contributed by atoms with Gasteiger partial charge in [-0.05, 0) is 34.1 Å². The standard InChI is InChI=1S/C22H26N2/c1-21(2,3)16-9-7-15(8-10-16)20-14-23-19-13-17(22(4,5)6)11-12-18(19)24-20/h7-14H,1-6H3. The maximum Gasteiger partial charge on any atom is 0.0894 e. The highest BCUT2D eigenvalue weighted by Crippen LogP contribution is 2.28. The van der Waals surface area contributed by atoms with Crippen molar-refractivity contribution < 1.29 is 0 Å². The Morgan fingerprint density at radius 3 is 1.83 bits per heavy atom. The van der Waals surface area contributed by atoms with Gasteiger partial charge in [-0.1, -0.05) is 71.9 Å². The Morgan fingerprint density at radius 1 is 0.667 bits per heavy atom. The minimum Gasteiger partial charge on any atom is -0.252 e. The van der Waals surface area contributed by atoms with E-state index in [0.717, 1.165) is 22.3 Å². The van der Waals surface area contributed by atoms with Gasteiger partial charge in [0.25, 0.3) is 0 Å². The summed E-state index contributed by atoms with van der Waals surface area (Å²) in [5, 5.41) is 0. The summed E-state index contributed by atoms with van der Waals surface area (Å²) in [4.78, 5) is 9.44. The molecule has 0 aliphatic heterocycles. The number of benzene rings is 2. The van der Waals surface area contributed by atoms with Gasteiger partial charge in [-0.25, -0.2) is 4.98 Å². The Balaban J connectivity index is 1.99. The summed E-state index contributed by atoms with van der Waals surface area (Å²) in [7, 11) is 0. The second kappa shape index (κ2) is 5.70. The largest absolute Gasteiger partial charge is 0.252 e. The van der Waals surface area contributed by atoms with E-state index in [1.807, 2.05) is 6.20 Å². The molecule has 0 atom stereocenters. The second-order valence-corrected chi connectivity index (χ2v) is 8.54. The van der Waals surface area contributed by atoms with Crippen molar-refractivity contribution in [1.29, 1.82) is 0 Å². The van der Waals surface area contributed by atoms with E-state index >= 15 is 0 Å². The zero-order valence-corrected chi connectivity index (χ0v) is 15.5. The molecule has 2 aromatic carbocycles. The van der Waals surface area contributed by atoms with E-state index in [1.54, 1.807) is 0 Å². The monoisotopic (exact) mass is 318 g/mol. The van der Waals surface area contributed by atoms with Crippen molar-refractivity contribution in [2.45, 2.75) is 52.4 Å². The summed E-state index contributed by atoms with van der Waals surface area (Å²) in [5.74, 6) is 0. The fourth-order valence-electron chi connectivity index (χ4n) is 2.76. The lowest BCUT2D eigenvalue weighted by molar-refractivity contribution is 0.590. The molecule has 0 unspecified atom stereocenters. The van der Waals surface area contributed by atoms with E-state index in [1.165, 1.54) is 11.1 Å². The highest BCUT2D eigenvalue weighted by molar-refractivity contribution is 5.78. The maximum atomic E-state index is 4.80. The van der Waals surface area contributed by atoms with Crippen LogP contribution >= 0.6 is 0 Å². The van der Waals surface area contributed by atoms with Crippen LogP contribution in [-0.4, -0.2) is 9.97 Å². The molecule has 0 aliphatic carbocycles. The molecule has 0 N–H and O–H groups in total. The first-order valence-corrected chi connectivity index (χ1v) is 8.53. The molecule has 0 saturated carbocycles. The van der Waals surface area contributed by atoms with Crippen molar-refractivity contribution in [3.8, 4) is 11.3 Å². The zero-order valence-electron chi connectivity index (χ0n) is 15.5. The number of hydrogen-bond acceptors (Lipinski definition) is 2. The number of fused-ring (bicyclic) bond motifs is 1. The van der Waals surface area contributed by atoms with Gasteiger partial charge in [0.15, 0.2) is 0 Å². The van der Waals surface area contributed by atoms with Crippen LogP contribution in [0.15, 0.2) is 48.7 Å². The summed E-state index contributed by atoms with van der Waals surface area (Å²) in [6.45, 7) is 13.3. The molecular formula is C22H26N2. The fourth-order valence-corrected chi connectivity index (χ4v) is 2.76. The second-order valence-electron chi connectivity index (χ2n) is 8.54. The van der Waals surface area contributed by atoms with E-state index in [0.29, 0.717) is 0 Å². The third-order valence-corrected chi connectivity index (χ3v) is 4.45. The van der Waals surface area contributed by atoms with Crippen molar-refractivity contribution >= 4 is 11.0 Å². The zero-order chi connectivity index (χ0) is 17.5. The Morgan fingerprint density at radius 2 is 1.25 bits per heavy atom. The van der Waals surface area contributed by atoms with E-state index in [2.05, 4.69) is 89.0 Å². The van der Waals surface area contributed by atoms with Crippen LogP contribution < -0.4 is 0 Å². The summed E-state index contributed by atoms with van der Waals surface area (Å²) < 4.78 is 0. The molecule has 0 radical (unpaired) electrons. The van der Waals surface area contributed by atoms with Crippen molar-refractivity contribution in [2.75, 3.05) is 0 Å². The first kappa shape index (κ1) is 16.6. The van der Waals surface area contributed by atoms with E-state index < -0.39 is 0 Å². The average molecular weight is 318 g/mol. The van der Waals surface area contributed by atoms with Crippen LogP contribution in [0.1, 0.15) is 52.7 Å². The minimum absolute atomic E-state index is 0.122. The number of hydrogen-bond donors (Lipinski definition) is 0. The molecule has 1 heterocycles. The molecule has 0 saturated heterocycles. The van der Waals surface area contributed by atoms with Crippen molar-refractivity contribution in [3.63, 3.8) is 0 Å². The van der Waals surface area contributed by atoms with E-state index in [4.69, 9.17) is 4.98 Å². The van der Waals surface area contributed by atoms with Gasteiger partial charge in [0.2, 0.25) is 0 Å². The number of rotatable bonds is 1. The van der Waals surface area contributed by atoms with Gasteiger partial charge in [-0.15, -0.1) is 0 Å². The van der Waals surface area contributed by atoms with E-state index in [9.17, 15) is 0 Å². The molecule has 0 aliphatic rings. The van der Waals surface area contributed by atoms with Crippen LogP contribution in [-0.2, 0) is 10.8 Å². The third kappa shape index (κ3) is 3.33. The first-order chi connectivity index (χ1) is 11.1. The molecule has 0 amide bonds. The minimum atomic E-state index is 0.122. The lowest BCUT2D eigenvalue weighted by Crippen LogP contribution is -2.11. The number of nitrogens with zero attached hydrogens (tertiary/aromatic N) is 2. The van der Waals surface area contributed by atoms with Gasteiger partial charge in [0.05, 0.1) is 22.9 Å². The van der Waals surface area contributed by atoms with Crippen LogP contribution in [0.3, 0.4) is 0 Å². The van der Waals surface area contributed by atoms with Gasteiger partial charge in [-0.2, -0.15) is 0 Å². The predicted molar refractivity (Wildman–Crippen MR) is 102 cm³/mol. The molecule has 2 heteroatoms. The van der Waals surface area contributed by atoms with Crippen LogP contribution in [0.2, 0.25) is 0 Å². The maximum absolute atomic E-state index is 4.80. The Bertz CT molecular complexity index is 863. The normalized spacial score (nSPS) is 12.6. The van der Waals surface area contributed by atoms with Gasteiger partial charge >= 0.3 is 0 Å². The van der Waals surface area contributed by atoms with Crippen LogP contribution in [0, 0.1) is 0 Å². The molecule has 0 fully saturated rings. The molecule has 3 aromatic rings. The first-order valence-electron chi connectivity index (χ1n) is 8.53. The van der Waals surface area contributed by atoms with Crippen molar-refractivity contribution in [1.82, 2.24) is 9.97 Å². The SMILES string of the molecule is CC(C)(C)c1ccc(-c2cnc3cc(C(C)(C)C)ccc3n2)cc1. The summed E-state index contributed by atoms with van der Waals surface area (Å²) in [5.41, 5.74) is 6.83. The highest BCUT2D eigenvalue weighted by atomic mass is 14.8. The molecular weight excluding hydrogens is 292 g/mol. The number of aromatic nitrogens is 2. The highest BCUT2D eigenvalue weighted by Gasteiger charge is 2.15. The van der Waals surface area contributed by atoms with Crippen LogP contribution in [0.25, 0.3) is 22.3 Å². The average Bonchev–Trinajstić information content (AvgIpc) is 2.52. The van der Waals surface area contributed by atoms with Crippen molar-refractivity contribution in [3.05, 3.63) is 59.8 Å². The summed E-state index contributed by atoms with van der Waals surface area (Å²) >= 11 is 0. The Kier molecular flexibility index (Phi) is 3.95. The lowest BCUT2D eigenvalue weighted by atomic mass is 9.86. The molecule has 2 nitrogen and oxygen atoms in total. The van der Waals surface area contributed by atoms with Gasteiger partial charge in [-0.3, -0.25) is 4.98 Å². The molecule has 24 heavy (non-hydrogen) atoms. The third-order valence-electron chi connectivity index (χ3n) is 4.45. The summed E-state index contributed by atoms with van der Waals surface area (Å²) in [6.07, 6.45) is 1.88. The topological polar surface area (TPSA) is 25.8 Å². The smallest absolute Gasteiger partial charge is 0.0894 e. The van der Waals surface area contributed by atoms with E-state index in [-0.39, 0.29) is 10.8 Å². The molecule has 0 spiro atoms. The van der Waals surface area contributed by atoms with Crippen LogP contribution in [0.5, 0.6) is 0 Å². The predicted octanol–water partition coefficient (Wildman–Crippen LogP) is 5.89. The quantitative estimate of drug-likeness (QED) is 0.559. The van der Waals surface area contributed by atoms with Crippen molar-refractivity contribution in [2.24, 2.45) is 0 Å². The molecule has 1 aromatic heterocycles. The fraction of sp³-hybridized carbons (Fsp3) is 0.364. The Hall–Kier alpha value is -2.22. The molecule has 124 valence electrons. The van der Waals surface area contributed by atoms with Gasteiger partial charge < -0.3 is 0 Å². The molecule has 0 bridgehead atoms.